The maximum Gasteiger partial charge on any atom is 0.141 e. The van der Waals surface area contributed by atoms with E-state index in [4.69, 9.17) is 0 Å². The van der Waals surface area contributed by atoms with E-state index in [-0.39, 0.29) is 11.9 Å². The van der Waals surface area contributed by atoms with Crippen molar-refractivity contribution < 1.29 is 4.39 Å². The number of nitrogens with zero attached hydrogens (tertiary/aromatic N) is 1. The lowest BCUT2D eigenvalue weighted by atomic mass is 10.1. The van der Waals surface area contributed by atoms with Gasteiger partial charge in [-0.25, -0.2) is 4.39 Å². The fourth-order valence-electron chi connectivity index (χ4n) is 2.12. The molecule has 2 nitrogen and oxygen atoms in total. The van der Waals surface area contributed by atoms with Crippen LogP contribution in [0.4, 0.5) is 4.39 Å². The van der Waals surface area contributed by atoms with Crippen LogP contribution in [0, 0.1) is 5.82 Å². The molecular formula is C15H19FN2S. The molecule has 0 spiro atoms. The molecule has 2 heterocycles. The summed E-state index contributed by atoms with van der Waals surface area (Å²) in [5, 5.41) is 5.68. The number of aromatic nitrogens is 1. The van der Waals surface area contributed by atoms with Crippen molar-refractivity contribution in [1.29, 1.82) is 0 Å². The van der Waals surface area contributed by atoms with Crippen LogP contribution < -0.4 is 5.32 Å². The van der Waals surface area contributed by atoms with Crippen LogP contribution in [0.3, 0.4) is 0 Å². The molecule has 1 N–H and O–H groups in total. The van der Waals surface area contributed by atoms with Crippen LogP contribution in [-0.4, -0.2) is 4.98 Å². The highest BCUT2D eigenvalue weighted by Gasteiger charge is 2.16. The Kier molecular flexibility index (Phi) is 5.05. The summed E-state index contributed by atoms with van der Waals surface area (Å²) in [5.41, 5.74) is 0.874. The van der Waals surface area contributed by atoms with Crippen LogP contribution in [0.15, 0.2) is 35.8 Å². The van der Waals surface area contributed by atoms with E-state index < -0.39 is 0 Å². The smallest absolute Gasteiger partial charge is 0.141 e. The third-order valence-corrected chi connectivity index (χ3v) is 4.10. The first kappa shape index (κ1) is 14.2. The third kappa shape index (κ3) is 3.85. The van der Waals surface area contributed by atoms with Gasteiger partial charge in [0.15, 0.2) is 0 Å². The molecule has 2 aromatic heterocycles. The Labute approximate surface area is 117 Å². The predicted octanol–water partition coefficient (Wildman–Crippen LogP) is 4.47. The minimum atomic E-state index is -0.292. The van der Waals surface area contributed by atoms with Gasteiger partial charge in [-0.05, 0) is 36.9 Å². The lowest BCUT2D eigenvalue weighted by Gasteiger charge is -2.22. The molecule has 102 valence electrons. The molecule has 0 saturated carbocycles. The van der Waals surface area contributed by atoms with Gasteiger partial charge in [0.05, 0.1) is 11.9 Å². The Morgan fingerprint density at radius 2 is 2.21 bits per heavy atom. The van der Waals surface area contributed by atoms with Crippen LogP contribution in [0.25, 0.3) is 0 Å². The second-order valence-corrected chi connectivity index (χ2v) is 5.63. The maximum absolute atomic E-state index is 12.9. The summed E-state index contributed by atoms with van der Waals surface area (Å²) in [6.45, 7) is 4.25. The highest BCUT2D eigenvalue weighted by molar-refractivity contribution is 7.10. The molecule has 2 rings (SSSR count). The molecule has 0 bridgehead atoms. The summed E-state index contributed by atoms with van der Waals surface area (Å²) in [6, 6.07) is 7.88. The van der Waals surface area contributed by atoms with E-state index in [0.717, 1.165) is 18.5 Å². The number of pyridine rings is 1. The minimum Gasteiger partial charge on any atom is -0.301 e. The normalized spacial score (nSPS) is 14.3. The average molecular weight is 278 g/mol. The lowest BCUT2D eigenvalue weighted by molar-refractivity contribution is 0.438. The van der Waals surface area contributed by atoms with Gasteiger partial charge >= 0.3 is 0 Å². The van der Waals surface area contributed by atoms with Gasteiger partial charge in [0.2, 0.25) is 0 Å². The first-order valence-corrected chi connectivity index (χ1v) is 7.49. The van der Waals surface area contributed by atoms with Gasteiger partial charge in [-0.1, -0.05) is 19.4 Å². The van der Waals surface area contributed by atoms with E-state index in [1.54, 1.807) is 17.4 Å². The van der Waals surface area contributed by atoms with Crippen LogP contribution >= 0.6 is 11.3 Å². The molecular weight excluding hydrogens is 259 g/mol. The Morgan fingerprint density at radius 3 is 2.79 bits per heavy atom. The van der Waals surface area contributed by atoms with E-state index in [9.17, 15) is 4.39 Å². The van der Waals surface area contributed by atoms with Crippen molar-refractivity contribution in [2.45, 2.75) is 38.8 Å². The zero-order valence-electron chi connectivity index (χ0n) is 11.3. The Hall–Kier alpha value is -1.26. The van der Waals surface area contributed by atoms with Crippen LogP contribution in [-0.2, 0) is 0 Å². The van der Waals surface area contributed by atoms with E-state index in [2.05, 4.69) is 41.7 Å². The predicted molar refractivity (Wildman–Crippen MR) is 77.7 cm³/mol. The first-order valence-electron chi connectivity index (χ1n) is 6.61. The van der Waals surface area contributed by atoms with Crippen LogP contribution in [0.1, 0.15) is 49.3 Å². The van der Waals surface area contributed by atoms with Gasteiger partial charge in [0, 0.05) is 17.0 Å². The van der Waals surface area contributed by atoms with Crippen molar-refractivity contribution in [3.8, 4) is 0 Å². The number of nitrogens with one attached hydrogen (secondary N) is 1. The standard InChI is InChI=1S/C15H19FN2S/c1-3-5-14(15-6-4-9-19-15)18-11(2)13-8-7-12(16)10-17-13/h4,6-11,14,18H,3,5H2,1-2H3. The van der Waals surface area contributed by atoms with E-state index in [0.29, 0.717) is 6.04 Å². The van der Waals surface area contributed by atoms with Gasteiger partial charge in [0.1, 0.15) is 5.82 Å². The Morgan fingerprint density at radius 1 is 1.37 bits per heavy atom. The first-order chi connectivity index (χ1) is 9.20. The van der Waals surface area contributed by atoms with Crippen molar-refractivity contribution in [2.24, 2.45) is 0 Å². The highest BCUT2D eigenvalue weighted by atomic mass is 32.1. The molecule has 2 atom stereocenters. The van der Waals surface area contributed by atoms with Gasteiger partial charge < -0.3 is 5.32 Å². The second-order valence-electron chi connectivity index (χ2n) is 4.65. The van der Waals surface area contributed by atoms with E-state index in [1.165, 1.54) is 17.1 Å². The van der Waals surface area contributed by atoms with Gasteiger partial charge in [0.25, 0.3) is 0 Å². The highest BCUT2D eigenvalue weighted by Crippen LogP contribution is 2.26. The monoisotopic (exact) mass is 278 g/mol. The molecule has 2 aromatic rings. The molecule has 4 heteroatoms. The zero-order valence-corrected chi connectivity index (χ0v) is 12.1. The molecule has 2 unspecified atom stereocenters. The number of rotatable bonds is 6. The zero-order chi connectivity index (χ0) is 13.7. The minimum absolute atomic E-state index is 0.110. The number of hydrogen-bond donors (Lipinski definition) is 1. The Bertz CT molecular complexity index is 481. The van der Waals surface area contributed by atoms with Gasteiger partial charge in [-0.2, -0.15) is 0 Å². The van der Waals surface area contributed by atoms with Crippen molar-refractivity contribution in [3.63, 3.8) is 0 Å². The molecule has 0 aromatic carbocycles. The summed E-state index contributed by atoms with van der Waals surface area (Å²) in [4.78, 5) is 5.48. The quantitative estimate of drug-likeness (QED) is 0.843. The fourth-order valence-corrected chi connectivity index (χ4v) is 2.94. The van der Waals surface area contributed by atoms with Crippen LogP contribution in [0.5, 0.6) is 0 Å². The topological polar surface area (TPSA) is 24.9 Å². The molecule has 0 amide bonds. The van der Waals surface area contributed by atoms with Crippen molar-refractivity contribution >= 4 is 11.3 Å². The van der Waals surface area contributed by atoms with Gasteiger partial charge in [-0.3, -0.25) is 4.98 Å². The van der Waals surface area contributed by atoms with Crippen molar-refractivity contribution in [2.75, 3.05) is 0 Å². The van der Waals surface area contributed by atoms with Crippen molar-refractivity contribution in [3.05, 3.63) is 52.2 Å². The largest absolute Gasteiger partial charge is 0.301 e. The van der Waals surface area contributed by atoms with E-state index in [1.807, 2.05) is 0 Å². The average Bonchev–Trinajstić information content (AvgIpc) is 2.92. The number of halogens is 1. The van der Waals surface area contributed by atoms with E-state index >= 15 is 0 Å². The summed E-state index contributed by atoms with van der Waals surface area (Å²) >= 11 is 1.77. The fraction of sp³-hybridized carbons (Fsp3) is 0.400. The van der Waals surface area contributed by atoms with Crippen LogP contribution in [0.2, 0.25) is 0 Å². The number of thiophene rings is 1. The van der Waals surface area contributed by atoms with Gasteiger partial charge in [-0.15, -0.1) is 11.3 Å². The lowest BCUT2D eigenvalue weighted by Crippen LogP contribution is -2.24. The summed E-state index contributed by atoms with van der Waals surface area (Å²) < 4.78 is 12.9. The molecule has 0 aliphatic rings. The molecule has 0 radical (unpaired) electrons. The summed E-state index contributed by atoms with van der Waals surface area (Å²) in [6.07, 6.45) is 3.48. The second kappa shape index (κ2) is 6.78. The SMILES string of the molecule is CCCC(NC(C)c1ccc(F)cn1)c1cccs1. The summed E-state index contributed by atoms with van der Waals surface area (Å²) in [5.74, 6) is -0.292. The molecule has 19 heavy (non-hydrogen) atoms. The molecule has 0 saturated heterocycles. The molecule has 0 aliphatic heterocycles. The Balaban J connectivity index is 2.06. The molecule has 0 aliphatic carbocycles. The maximum atomic E-state index is 12.9. The number of hydrogen-bond acceptors (Lipinski definition) is 3. The summed E-state index contributed by atoms with van der Waals surface area (Å²) in [7, 11) is 0. The molecule has 0 fully saturated rings. The third-order valence-electron chi connectivity index (χ3n) is 3.11. The van der Waals surface area contributed by atoms with Crippen molar-refractivity contribution in [1.82, 2.24) is 10.3 Å².